The summed E-state index contributed by atoms with van der Waals surface area (Å²) < 4.78 is 4.94. The number of ether oxygens (including phenoxy) is 1. The van der Waals surface area contributed by atoms with Crippen LogP contribution in [-0.2, 0) is 16.0 Å². The molecule has 0 saturated carbocycles. The molecule has 0 fully saturated rings. The van der Waals surface area contributed by atoms with Crippen molar-refractivity contribution in [3.63, 3.8) is 0 Å². The molecule has 1 aromatic carbocycles. The van der Waals surface area contributed by atoms with Gasteiger partial charge in [-0.3, -0.25) is 4.79 Å². The van der Waals surface area contributed by atoms with Crippen LogP contribution in [0.25, 0.3) is 0 Å². The van der Waals surface area contributed by atoms with Crippen LogP contribution in [0.15, 0.2) is 36.5 Å². The number of unbranched alkanes of at least 4 members (excludes halogenated alkanes) is 1. The number of amides is 1. The van der Waals surface area contributed by atoms with Gasteiger partial charge < -0.3 is 10.1 Å². The molecule has 7 heteroatoms. The minimum atomic E-state index is -0.698. The van der Waals surface area contributed by atoms with Crippen LogP contribution in [0.4, 0.5) is 5.69 Å². The summed E-state index contributed by atoms with van der Waals surface area (Å²) in [5, 5.41) is 2.91. The smallest absolute Gasteiger partial charge is 0.340 e. The van der Waals surface area contributed by atoms with E-state index in [4.69, 9.17) is 27.9 Å². The van der Waals surface area contributed by atoms with Crippen molar-refractivity contribution >= 4 is 40.8 Å². The van der Waals surface area contributed by atoms with Crippen LogP contribution < -0.4 is 5.32 Å². The van der Waals surface area contributed by atoms with E-state index in [1.807, 2.05) is 24.3 Å². The van der Waals surface area contributed by atoms with Gasteiger partial charge in [0, 0.05) is 11.9 Å². The zero-order valence-electron chi connectivity index (χ0n) is 13.7. The Hall–Kier alpha value is -2.11. The van der Waals surface area contributed by atoms with Gasteiger partial charge >= 0.3 is 5.97 Å². The molecule has 1 amide bonds. The van der Waals surface area contributed by atoms with Crippen molar-refractivity contribution in [3.05, 3.63) is 57.8 Å². The second-order valence-corrected chi connectivity index (χ2v) is 6.19. The average Bonchev–Trinajstić information content (AvgIpc) is 2.61. The predicted octanol–water partition coefficient (Wildman–Crippen LogP) is 4.53. The first kappa shape index (κ1) is 19.2. The van der Waals surface area contributed by atoms with Crippen molar-refractivity contribution in [3.8, 4) is 0 Å². The molecule has 0 unspecified atom stereocenters. The number of hydrogen-bond acceptors (Lipinski definition) is 4. The molecule has 1 N–H and O–H groups in total. The Balaban J connectivity index is 1.83. The van der Waals surface area contributed by atoms with Crippen molar-refractivity contribution < 1.29 is 14.3 Å². The second kappa shape index (κ2) is 9.39. The minimum Gasteiger partial charge on any atom is -0.452 e. The van der Waals surface area contributed by atoms with Gasteiger partial charge in [0.15, 0.2) is 6.61 Å². The van der Waals surface area contributed by atoms with Crippen LogP contribution in [0.5, 0.6) is 0 Å². The van der Waals surface area contributed by atoms with E-state index >= 15 is 0 Å². The number of pyridine rings is 1. The molecular weight excluding hydrogens is 363 g/mol. The van der Waals surface area contributed by atoms with Crippen molar-refractivity contribution in [2.45, 2.75) is 26.2 Å². The highest BCUT2D eigenvalue weighted by molar-refractivity contribution is 6.41. The highest BCUT2D eigenvalue weighted by Crippen LogP contribution is 2.20. The number of hydrogen-bond donors (Lipinski definition) is 1. The zero-order chi connectivity index (χ0) is 18.2. The second-order valence-electron chi connectivity index (χ2n) is 5.42. The van der Waals surface area contributed by atoms with Gasteiger partial charge in [-0.05, 0) is 36.6 Å². The number of carbonyl (C=O) groups excluding carboxylic acids is 2. The maximum atomic E-state index is 11.9. The summed E-state index contributed by atoms with van der Waals surface area (Å²) in [7, 11) is 0. The number of halogens is 2. The van der Waals surface area contributed by atoms with Gasteiger partial charge in [0.1, 0.15) is 5.15 Å². The molecule has 1 heterocycles. The number of anilines is 1. The van der Waals surface area contributed by atoms with Gasteiger partial charge in [0.2, 0.25) is 0 Å². The summed E-state index contributed by atoms with van der Waals surface area (Å²) in [6, 6.07) is 8.94. The van der Waals surface area contributed by atoms with E-state index in [2.05, 4.69) is 17.2 Å². The van der Waals surface area contributed by atoms with E-state index < -0.39 is 18.5 Å². The Morgan fingerprint density at radius 3 is 2.56 bits per heavy atom. The van der Waals surface area contributed by atoms with E-state index in [-0.39, 0.29) is 15.7 Å². The quantitative estimate of drug-likeness (QED) is 0.565. The van der Waals surface area contributed by atoms with Crippen molar-refractivity contribution in [1.29, 1.82) is 0 Å². The fourth-order valence-electron chi connectivity index (χ4n) is 2.08. The summed E-state index contributed by atoms with van der Waals surface area (Å²) in [6.45, 7) is 1.74. The monoisotopic (exact) mass is 380 g/mol. The lowest BCUT2D eigenvalue weighted by Crippen LogP contribution is -2.21. The average molecular weight is 381 g/mol. The number of benzene rings is 1. The highest BCUT2D eigenvalue weighted by atomic mass is 35.5. The van der Waals surface area contributed by atoms with Gasteiger partial charge in [-0.15, -0.1) is 0 Å². The molecular formula is C18H18Cl2N2O3. The van der Waals surface area contributed by atoms with E-state index in [9.17, 15) is 9.59 Å². The van der Waals surface area contributed by atoms with Crippen molar-refractivity contribution in [2.75, 3.05) is 11.9 Å². The van der Waals surface area contributed by atoms with E-state index in [1.165, 1.54) is 17.8 Å². The molecule has 0 radical (unpaired) electrons. The highest BCUT2D eigenvalue weighted by Gasteiger charge is 2.12. The Kier molecular flexibility index (Phi) is 7.22. The number of carbonyl (C=O) groups is 2. The van der Waals surface area contributed by atoms with Crippen LogP contribution in [0, 0.1) is 0 Å². The fourth-order valence-corrected chi connectivity index (χ4v) is 2.35. The summed E-state index contributed by atoms with van der Waals surface area (Å²) in [6.07, 6.45) is 4.52. The standard InChI is InChI=1S/C18H18Cl2N2O3/c1-2-3-4-12-5-7-14(8-6-12)22-16(23)11-25-18(24)13-9-15(19)17(20)21-10-13/h5-10H,2-4,11H2,1H3,(H,22,23). The molecule has 0 saturated heterocycles. The van der Waals surface area contributed by atoms with Crippen LogP contribution in [0.1, 0.15) is 35.7 Å². The summed E-state index contributed by atoms with van der Waals surface area (Å²) >= 11 is 11.5. The SMILES string of the molecule is CCCCc1ccc(NC(=O)COC(=O)c2cnc(Cl)c(Cl)c2)cc1. The first-order valence-electron chi connectivity index (χ1n) is 7.86. The van der Waals surface area contributed by atoms with E-state index in [0.29, 0.717) is 5.69 Å². The first-order valence-corrected chi connectivity index (χ1v) is 8.62. The van der Waals surface area contributed by atoms with Crippen LogP contribution in [-0.4, -0.2) is 23.5 Å². The third-order valence-corrected chi connectivity index (χ3v) is 4.11. The lowest BCUT2D eigenvalue weighted by Gasteiger charge is -2.08. The Morgan fingerprint density at radius 2 is 1.92 bits per heavy atom. The fraction of sp³-hybridized carbons (Fsp3) is 0.278. The molecule has 1 aromatic heterocycles. The lowest BCUT2D eigenvalue weighted by molar-refractivity contribution is -0.119. The topological polar surface area (TPSA) is 68.3 Å². The number of aromatic nitrogens is 1. The van der Waals surface area contributed by atoms with Gasteiger partial charge in [-0.2, -0.15) is 0 Å². The maximum Gasteiger partial charge on any atom is 0.340 e. The molecule has 0 spiro atoms. The maximum absolute atomic E-state index is 11.9. The molecule has 0 atom stereocenters. The van der Waals surface area contributed by atoms with Crippen molar-refractivity contribution in [2.24, 2.45) is 0 Å². The molecule has 0 aliphatic carbocycles. The third kappa shape index (κ3) is 6.03. The van der Waals surface area contributed by atoms with Gasteiger partial charge in [-0.1, -0.05) is 48.7 Å². The third-order valence-electron chi connectivity index (χ3n) is 3.42. The number of rotatable bonds is 7. The molecule has 0 aliphatic heterocycles. The van der Waals surface area contributed by atoms with Crippen LogP contribution >= 0.6 is 23.2 Å². The van der Waals surface area contributed by atoms with Gasteiger partial charge in [-0.25, -0.2) is 9.78 Å². The number of nitrogens with one attached hydrogen (secondary N) is 1. The summed E-state index contributed by atoms with van der Waals surface area (Å²) in [5.41, 5.74) is 2.00. The summed E-state index contributed by atoms with van der Waals surface area (Å²) in [5.74, 6) is -1.13. The first-order chi connectivity index (χ1) is 12.0. The Morgan fingerprint density at radius 1 is 1.20 bits per heavy atom. The number of esters is 1. The zero-order valence-corrected chi connectivity index (χ0v) is 15.2. The van der Waals surface area contributed by atoms with Gasteiger partial charge in [0.25, 0.3) is 5.91 Å². The van der Waals surface area contributed by atoms with E-state index in [1.54, 1.807) is 0 Å². The molecule has 2 rings (SSSR count). The van der Waals surface area contributed by atoms with Gasteiger partial charge in [0.05, 0.1) is 10.6 Å². The normalized spacial score (nSPS) is 10.4. The Labute approximate surface area is 156 Å². The number of aryl methyl sites for hydroxylation is 1. The Bertz CT molecular complexity index is 748. The van der Waals surface area contributed by atoms with Crippen molar-refractivity contribution in [1.82, 2.24) is 4.98 Å². The summed E-state index contributed by atoms with van der Waals surface area (Å²) in [4.78, 5) is 27.5. The molecule has 25 heavy (non-hydrogen) atoms. The molecule has 132 valence electrons. The molecule has 2 aromatic rings. The van der Waals surface area contributed by atoms with Crippen LogP contribution in [0.2, 0.25) is 10.2 Å². The van der Waals surface area contributed by atoms with Crippen LogP contribution in [0.3, 0.4) is 0 Å². The molecule has 5 nitrogen and oxygen atoms in total. The largest absolute Gasteiger partial charge is 0.452 e. The minimum absolute atomic E-state index is 0.0957. The number of nitrogens with zero attached hydrogens (tertiary/aromatic N) is 1. The predicted molar refractivity (Wildman–Crippen MR) is 98.2 cm³/mol. The lowest BCUT2D eigenvalue weighted by atomic mass is 10.1. The molecule has 0 aliphatic rings. The molecule has 0 bridgehead atoms. The van der Waals surface area contributed by atoms with E-state index in [0.717, 1.165) is 19.3 Å².